The highest BCUT2D eigenvalue weighted by Crippen LogP contribution is 2.33. The molecule has 2 rings (SSSR count). The number of thioether (sulfide) groups is 1. The zero-order valence-electron chi connectivity index (χ0n) is 10.8. The minimum absolute atomic E-state index is 0.145. The number of hydrogen-bond acceptors (Lipinski definition) is 4. The molecular formula is C14H13ClN2O2S. The maximum Gasteiger partial charge on any atom is 0.272 e. The van der Waals surface area contributed by atoms with E-state index in [0.717, 1.165) is 10.5 Å². The van der Waals surface area contributed by atoms with E-state index in [1.165, 1.54) is 17.8 Å². The molecule has 4 nitrogen and oxygen atoms in total. The maximum absolute atomic E-state index is 10.9. The quantitative estimate of drug-likeness (QED) is 0.392. The Morgan fingerprint density at radius 2 is 2.10 bits per heavy atom. The van der Waals surface area contributed by atoms with Crippen LogP contribution in [0.4, 0.5) is 11.4 Å². The van der Waals surface area contributed by atoms with Gasteiger partial charge in [0.05, 0.1) is 9.95 Å². The Labute approximate surface area is 126 Å². The monoisotopic (exact) mass is 308 g/mol. The van der Waals surface area contributed by atoms with Gasteiger partial charge in [0.15, 0.2) is 0 Å². The Kier molecular flexibility index (Phi) is 4.52. The fraction of sp³-hybridized carbons (Fsp3) is 0.143. The zero-order chi connectivity index (χ0) is 14.7. The standard InChI is InChI=1S/C14H13ClN2O2S/c1-9-10(3-2-4-13(9)17(18)19)8-20-14-6-5-11(16)7-12(14)15/h2-7H,8,16H2,1H3. The lowest BCUT2D eigenvalue weighted by molar-refractivity contribution is -0.385. The Balaban J connectivity index is 2.19. The summed E-state index contributed by atoms with van der Waals surface area (Å²) in [5.41, 5.74) is 8.02. The van der Waals surface area contributed by atoms with Crippen molar-refractivity contribution in [3.05, 3.63) is 62.7 Å². The van der Waals surface area contributed by atoms with E-state index in [1.807, 2.05) is 12.1 Å². The minimum atomic E-state index is -0.361. The molecule has 0 aliphatic carbocycles. The van der Waals surface area contributed by atoms with E-state index in [-0.39, 0.29) is 10.6 Å². The topological polar surface area (TPSA) is 69.2 Å². The summed E-state index contributed by atoms with van der Waals surface area (Å²) in [4.78, 5) is 11.5. The van der Waals surface area contributed by atoms with Crippen LogP contribution in [0.3, 0.4) is 0 Å². The van der Waals surface area contributed by atoms with Gasteiger partial charge in [-0.2, -0.15) is 0 Å². The van der Waals surface area contributed by atoms with E-state index >= 15 is 0 Å². The number of nitrogens with zero attached hydrogens (tertiary/aromatic N) is 1. The third kappa shape index (κ3) is 3.23. The second-order valence-corrected chi connectivity index (χ2v) is 5.72. The van der Waals surface area contributed by atoms with E-state index in [0.29, 0.717) is 22.0 Å². The van der Waals surface area contributed by atoms with Gasteiger partial charge in [-0.3, -0.25) is 10.1 Å². The smallest absolute Gasteiger partial charge is 0.272 e. The molecule has 20 heavy (non-hydrogen) atoms. The van der Waals surface area contributed by atoms with Gasteiger partial charge in [0.1, 0.15) is 0 Å². The summed E-state index contributed by atoms with van der Waals surface area (Å²) in [7, 11) is 0. The van der Waals surface area contributed by atoms with Gasteiger partial charge in [-0.15, -0.1) is 11.8 Å². The van der Waals surface area contributed by atoms with Crippen LogP contribution in [0, 0.1) is 17.0 Å². The molecule has 0 saturated carbocycles. The highest BCUT2D eigenvalue weighted by Gasteiger charge is 2.13. The highest BCUT2D eigenvalue weighted by atomic mass is 35.5. The molecule has 0 fully saturated rings. The van der Waals surface area contributed by atoms with Gasteiger partial charge in [0, 0.05) is 28.0 Å². The van der Waals surface area contributed by atoms with Crippen molar-refractivity contribution < 1.29 is 4.92 Å². The first kappa shape index (κ1) is 14.7. The average molecular weight is 309 g/mol. The lowest BCUT2D eigenvalue weighted by Crippen LogP contribution is -1.95. The van der Waals surface area contributed by atoms with Gasteiger partial charge in [-0.05, 0) is 30.7 Å². The van der Waals surface area contributed by atoms with Crippen LogP contribution >= 0.6 is 23.4 Å². The van der Waals surface area contributed by atoms with Crippen LogP contribution in [0.5, 0.6) is 0 Å². The first-order chi connectivity index (χ1) is 9.49. The van der Waals surface area contributed by atoms with Crippen molar-refractivity contribution in [1.29, 1.82) is 0 Å². The van der Waals surface area contributed by atoms with Crippen LogP contribution < -0.4 is 5.73 Å². The molecule has 0 heterocycles. The van der Waals surface area contributed by atoms with Gasteiger partial charge in [-0.1, -0.05) is 23.7 Å². The van der Waals surface area contributed by atoms with Crippen LogP contribution in [0.1, 0.15) is 11.1 Å². The molecule has 104 valence electrons. The fourth-order valence-electron chi connectivity index (χ4n) is 1.81. The van der Waals surface area contributed by atoms with Crippen molar-refractivity contribution in [1.82, 2.24) is 0 Å². The number of rotatable bonds is 4. The van der Waals surface area contributed by atoms with Gasteiger partial charge in [-0.25, -0.2) is 0 Å². The largest absolute Gasteiger partial charge is 0.399 e. The first-order valence-corrected chi connectivity index (χ1v) is 7.26. The normalized spacial score (nSPS) is 10.5. The van der Waals surface area contributed by atoms with E-state index in [4.69, 9.17) is 17.3 Å². The molecule has 0 saturated heterocycles. The molecule has 0 spiro atoms. The average Bonchev–Trinajstić information content (AvgIpc) is 2.39. The lowest BCUT2D eigenvalue weighted by atomic mass is 10.1. The number of nitrogen functional groups attached to an aromatic ring is 1. The van der Waals surface area contributed by atoms with E-state index in [9.17, 15) is 10.1 Å². The van der Waals surface area contributed by atoms with Crippen molar-refractivity contribution in [2.45, 2.75) is 17.6 Å². The van der Waals surface area contributed by atoms with Gasteiger partial charge >= 0.3 is 0 Å². The van der Waals surface area contributed by atoms with E-state index in [2.05, 4.69) is 0 Å². The van der Waals surface area contributed by atoms with Gasteiger partial charge in [0.2, 0.25) is 0 Å². The van der Waals surface area contributed by atoms with Crippen molar-refractivity contribution in [2.24, 2.45) is 0 Å². The lowest BCUT2D eigenvalue weighted by Gasteiger charge is -2.08. The number of nitro benzene ring substituents is 1. The predicted octanol–water partition coefficient (Wildman–Crippen LogP) is 4.43. The molecule has 2 aromatic carbocycles. The van der Waals surface area contributed by atoms with Crippen molar-refractivity contribution in [3.63, 3.8) is 0 Å². The van der Waals surface area contributed by atoms with Crippen LogP contribution in [0.25, 0.3) is 0 Å². The SMILES string of the molecule is Cc1c(CSc2ccc(N)cc2Cl)cccc1[N+](=O)[O-]. The molecule has 2 N–H and O–H groups in total. The molecular weight excluding hydrogens is 296 g/mol. The summed E-state index contributed by atoms with van der Waals surface area (Å²) in [6.45, 7) is 1.76. The molecule has 0 radical (unpaired) electrons. The Morgan fingerprint density at radius 3 is 2.75 bits per heavy atom. The molecule has 0 bridgehead atoms. The number of hydrogen-bond donors (Lipinski definition) is 1. The Hall–Kier alpha value is -1.72. The summed E-state index contributed by atoms with van der Waals surface area (Å²) in [5.74, 6) is 0.622. The van der Waals surface area contributed by atoms with Crippen molar-refractivity contribution >= 4 is 34.7 Å². The molecule has 0 unspecified atom stereocenters. The maximum atomic E-state index is 10.9. The Bertz CT molecular complexity index is 662. The van der Waals surface area contributed by atoms with Gasteiger partial charge in [0.25, 0.3) is 5.69 Å². The van der Waals surface area contributed by atoms with Crippen LogP contribution in [0.15, 0.2) is 41.3 Å². The minimum Gasteiger partial charge on any atom is -0.399 e. The number of nitro groups is 1. The predicted molar refractivity (Wildman–Crippen MR) is 83.3 cm³/mol. The fourth-order valence-corrected chi connectivity index (χ4v) is 3.15. The number of anilines is 1. The van der Waals surface area contributed by atoms with Crippen LogP contribution in [0.2, 0.25) is 5.02 Å². The summed E-state index contributed by atoms with van der Waals surface area (Å²) >= 11 is 7.64. The first-order valence-electron chi connectivity index (χ1n) is 5.89. The molecule has 0 aliphatic rings. The van der Waals surface area contributed by atoms with E-state index < -0.39 is 0 Å². The molecule has 0 atom stereocenters. The third-order valence-electron chi connectivity index (χ3n) is 2.95. The van der Waals surface area contributed by atoms with E-state index in [1.54, 1.807) is 25.1 Å². The summed E-state index contributed by atoms with van der Waals surface area (Å²) in [6.07, 6.45) is 0. The molecule has 0 aliphatic heterocycles. The summed E-state index contributed by atoms with van der Waals surface area (Å²) < 4.78 is 0. The number of benzene rings is 2. The molecule has 6 heteroatoms. The van der Waals surface area contributed by atoms with Crippen LogP contribution in [-0.2, 0) is 5.75 Å². The molecule has 0 amide bonds. The number of halogens is 1. The number of nitrogens with two attached hydrogens (primary N) is 1. The second kappa shape index (κ2) is 6.15. The third-order valence-corrected chi connectivity index (χ3v) is 4.50. The highest BCUT2D eigenvalue weighted by molar-refractivity contribution is 7.98. The van der Waals surface area contributed by atoms with Gasteiger partial charge < -0.3 is 5.73 Å². The van der Waals surface area contributed by atoms with Crippen molar-refractivity contribution in [3.8, 4) is 0 Å². The summed E-state index contributed by atoms with van der Waals surface area (Å²) in [5, 5.41) is 11.5. The van der Waals surface area contributed by atoms with Crippen LogP contribution in [-0.4, -0.2) is 4.92 Å². The molecule has 0 aromatic heterocycles. The molecule has 2 aromatic rings. The Morgan fingerprint density at radius 1 is 1.35 bits per heavy atom. The van der Waals surface area contributed by atoms with Crippen molar-refractivity contribution in [2.75, 3.05) is 5.73 Å². The summed E-state index contributed by atoms with van der Waals surface area (Å²) in [6, 6.07) is 10.4. The second-order valence-electron chi connectivity index (χ2n) is 4.30. The zero-order valence-corrected chi connectivity index (χ0v) is 12.4.